The van der Waals surface area contributed by atoms with E-state index in [1.165, 1.54) is 135 Å². The Morgan fingerprint density at radius 3 is 1.05 bits per heavy atom. The highest BCUT2D eigenvalue weighted by Crippen LogP contribution is 2.14. The van der Waals surface area contributed by atoms with Gasteiger partial charge < -0.3 is 14.2 Å². The van der Waals surface area contributed by atoms with Gasteiger partial charge in [-0.2, -0.15) is 0 Å². The van der Waals surface area contributed by atoms with Crippen LogP contribution in [0.5, 0.6) is 0 Å². The first-order chi connectivity index (χ1) is 28.5. The van der Waals surface area contributed by atoms with Crippen LogP contribution >= 0.6 is 0 Å². The first-order valence-corrected chi connectivity index (χ1v) is 24.6. The molecule has 0 aromatic heterocycles. The SMILES string of the molecule is CCCCC/C=C\C/C=C\CCCCCCCCCC(=O)OCC(COC(=O)CCCCCCCCCCCC)OC(=O)CC/C=C\C/C=C\CCCCCCCC. The molecule has 1 atom stereocenters. The second kappa shape index (κ2) is 47.1. The Labute approximate surface area is 358 Å². The number of hydrogen-bond acceptors (Lipinski definition) is 6. The largest absolute Gasteiger partial charge is 0.462 e. The van der Waals surface area contributed by atoms with Gasteiger partial charge in [-0.3, -0.25) is 14.4 Å². The van der Waals surface area contributed by atoms with Crippen LogP contribution in [0.1, 0.15) is 245 Å². The topological polar surface area (TPSA) is 78.9 Å². The maximum Gasteiger partial charge on any atom is 0.306 e. The molecule has 0 saturated heterocycles. The van der Waals surface area contributed by atoms with Gasteiger partial charge >= 0.3 is 17.9 Å². The summed E-state index contributed by atoms with van der Waals surface area (Å²) in [6.45, 7) is 6.54. The van der Waals surface area contributed by atoms with Gasteiger partial charge in [-0.1, -0.05) is 204 Å². The molecule has 0 radical (unpaired) electrons. The predicted molar refractivity (Wildman–Crippen MR) is 247 cm³/mol. The molecule has 0 aromatic carbocycles. The van der Waals surface area contributed by atoms with E-state index < -0.39 is 6.10 Å². The average molecular weight is 813 g/mol. The fourth-order valence-corrected chi connectivity index (χ4v) is 6.82. The molecule has 0 heterocycles. The normalized spacial score (nSPS) is 12.4. The third kappa shape index (κ3) is 44.5. The summed E-state index contributed by atoms with van der Waals surface area (Å²) >= 11 is 0. The third-order valence-electron chi connectivity index (χ3n) is 10.6. The van der Waals surface area contributed by atoms with Gasteiger partial charge in [0.25, 0.3) is 0 Å². The summed E-state index contributed by atoms with van der Waals surface area (Å²) in [5.41, 5.74) is 0. The number of esters is 3. The number of allylic oxidation sites excluding steroid dienone is 8. The molecule has 6 nitrogen and oxygen atoms in total. The predicted octanol–water partition coefficient (Wildman–Crippen LogP) is 15.9. The lowest BCUT2D eigenvalue weighted by molar-refractivity contribution is -0.166. The highest BCUT2D eigenvalue weighted by molar-refractivity contribution is 5.71. The molecule has 1 unspecified atom stereocenters. The van der Waals surface area contributed by atoms with Gasteiger partial charge in [-0.25, -0.2) is 0 Å². The third-order valence-corrected chi connectivity index (χ3v) is 10.6. The lowest BCUT2D eigenvalue weighted by Gasteiger charge is -2.18. The summed E-state index contributed by atoms with van der Waals surface area (Å²) in [4.78, 5) is 37.8. The molecule has 0 aliphatic rings. The van der Waals surface area contributed by atoms with Gasteiger partial charge in [0.2, 0.25) is 0 Å². The molecule has 0 aliphatic heterocycles. The minimum Gasteiger partial charge on any atom is -0.462 e. The van der Waals surface area contributed by atoms with Crippen molar-refractivity contribution in [3.63, 3.8) is 0 Å². The quantitative estimate of drug-likeness (QED) is 0.0264. The summed E-state index contributed by atoms with van der Waals surface area (Å²) in [6.07, 6.45) is 55.3. The first-order valence-electron chi connectivity index (χ1n) is 24.6. The van der Waals surface area contributed by atoms with Crippen LogP contribution < -0.4 is 0 Å². The smallest absolute Gasteiger partial charge is 0.306 e. The van der Waals surface area contributed by atoms with Crippen molar-refractivity contribution in [2.75, 3.05) is 13.2 Å². The Balaban J connectivity index is 4.41. The molecule has 0 bridgehead atoms. The van der Waals surface area contributed by atoms with E-state index in [1.54, 1.807) is 0 Å². The van der Waals surface area contributed by atoms with Crippen molar-refractivity contribution in [1.29, 1.82) is 0 Å². The minimum atomic E-state index is -0.802. The second-order valence-electron chi connectivity index (χ2n) is 16.4. The van der Waals surface area contributed by atoms with E-state index in [9.17, 15) is 14.4 Å². The molecular formula is C52H92O6. The molecule has 0 amide bonds. The Hall–Kier alpha value is -2.63. The average Bonchev–Trinajstić information content (AvgIpc) is 3.22. The van der Waals surface area contributed by atoms with Gasteiger partial charge in [0.05, 0.1) is 0 Å². The van der Waals surface area contributed by atoms with Crippen LogP contribution in [0.15, 0.2) is 48.6 Å². The maximum atomic E-state index is 12.7. The van der Waals surface area contributed by atoms with Crippen molar-refractivity contribution in [1.82, 2.24) is 0 Å². The molecular weight excluding hydrogens is 721 g/mol. The van der Waals surface area contributed by atoms with Gasteiger partial charge in [0.1, 0.15) is 13.2 Å². The fraction of sp³-hybridized carbons (Fsp3) is 0.788. The molecule has 0 aromatic rings. The Bertz CT molecular complexity index is 1030. The zero-order chi connectivity index (χ0) is 42.3. The summed E-state index contributed by atoms with van der Waals surface area (Å²) in [5.74, 6) is -0.971. The molecule has 0 fully saturated rings. The highest BCUT2D eigenvalue weighted by Gasteiger charge is 2.19. The van der Waals surface area contributed by atoms with Crippen molar-refractivity contribution in [2.24, 2.45) is 0 Å². The monoisotopic (exact) mass is 813 g/mol. The van der Waals surface area contributed by atoms with E-state index in [4.69, 9.17) is 14.2 Å². The van der Waals surface area contributed by atoms with Crippen LogP contribution in [0.25, 0.3) is 0 Å². The van der Waals surface area contributed by atoms with Crippen LogP contribution in [-0.4, -0.2) is 37.2 Å². The summed E-state index contributed by atoms with van der Waals surface area (Å²) < 4.78 is 16.7. The van der Waals surface area contributed by atoms with Crippen LogP contribution in [0.2, 0.25) is 0 Å². The number of rotatable bonds is 44. The number of unbranched alkanes of at least 4 members (excludes halogenated alkanes) is 25. The van der Waals surface area contributed by atoms with Crippen molar-refractivity contribution in [2.45, 2.75) is 252 Å². The Kier molecular flexibility index (Phi) is 44.9. The van der Waals surface area contributed by atoms with E-state index in [-0.39, 0.29) is 37.5 Å². The number of carbonyl (C=O) groups is 3. The summed E-state index contributed by atoms with van der Waals surface area (Å²) in [7, 11) is 0. The Morgan fingerprint density at radius 1 is 0.345 bits per heavy atom. The van der Waals surface area contributed by atoms with Crippen LogP contribution in [0.4, 0.5) is 0 Å². The van der Waals surface area contributed by atoms with Crippen molar-refractivity contribution in [3.05, 3.63) is 48.6 Å². The van der Waals surface area contributed by atoms with Crippen molar-refractivity contribution in [3.8, 4) is 0 Å². The molecule has 6 heteroatoms. The fourth-order valence-electron chi connectivity index (χ4n) is 6.82. The molecule has 0 spiro atoms. The van der Waals surface area contributed by atoms with Crippen molar-refractivity contribution >= 4 is 17.9 Å². The number of hydrogen-bond donors (Lipinski definition) is 0. The minimum absolute atomic E-state index is 0.0964. The maximum absolute atomic E-state index is 12.7. The van der Waals surface area contributed by atoms with Crippen LogP contribution in [-0.2, 0) is 28.6 Å². The van der Waals surface area contributed by atoms with E-state index in [0.717, 1.165) is 64.2 Å². The zero-order valence-electron chi connectivity index (χ0n) is 38.3. The van der Waals surface area contributed by atoms with Gasteiger partial charge in [-0.05, 0) is 70.6 Å². The van der Waals surface area contributed by atoms with E-state index >= 15 is 0 Å². The molecule has 58 heavy (non-hydrogen) atoms. The van der Waals surface area contributed by atoms with E-state index in [2.05, 4.69) is 63.3 Å². The van der Waals surface area contributed by atoms with Crippen LogP contribution in [0, 0.1) is 0 Å². The number of carbonyl (C=O) groups excluding carboxylic acids is 3. The molecule has 0 N–H and O–H groups in total. The summed E-state index contributed by atoms with van der Waals surface area (Å²) in [6, 6.07) is 0. The standard InChI is InChI=1S/C52H92O6/c1-4-7-10-13-16-19-22-24-25-26-27-29-30-33-36-39-42-45-51(54)57-48-49(47-56-50(53)44-41-38-35-32-21-18-15-12-9-6-3)58-52(55)46-43-40-37-34-31-28-23-20-17-14-11-8-5-2/h16,19,24-25,28,31,37,40,49H,4-15,17-18,20-23,26-27,29-30,32-36,38-39,41-48H2,1-3H3/b19-16-,25-24-,31-28-,40-37-. The Morgan fingerprint density at radius 2 is 0.655 bits per heavy atom. The lowest BCUT2D eigenvalue weighted by Crippen LogP contribution is -2.30. The molecule has 0 rings (SSSR count). The second-order valence-corrected chi connectivity index (χ2v) is 16.4. The molecule has 0 aliphatic carbocycles. The lowest BCUT2D eigenvalue weighted by atomic mass is 10.1. The number of ether oxygens (including phenoxy) is 3. The zero-order valence-corrected chi connectivity index (χ0v) is 38.3. The van der Waals surface area contributed by atoms with Gasteiger partial charge in [0.15, 0.2) is 6.10 Å². The van der Waals surface area contributed by atoms with E-state index in [0.29, 0.717) is 19.3 Å². The van der Waals surface area contributed by atoms with Gasteiger partial charge in [0, 0.05) is 19.3 Å². The van der Waals surface area contributed by atoms with Crippen molar-refractivity contribution < 1.29 is 28.6 Å². The van der Waals surface area contributed by atoms with Crippen LogP contribution in [0.3, 0.4) is 0 Å². The highest BCUT2D eigenvalue weighted by atomic mass is 16.6. The summed E-state index contributed by atoms with van der Waals surface area (Å²) in [5, 5.41) is 0. The first kappa shape index (κ1) is 55.4. The molecule has 0 saturated carbocycles. The molecule has 336 valence electrons. The van der Waals surface area contributed by atoms with Gasteiger partial charge in [-0.15, -0.1) is 0 Å². The van der Waals surface area contributed by atoms with E-state index in [1.807, 2.05) is 6.08 Å².